The molecular weight excluding hydrogens is 250 g/mol. The Morgan fingerprint density at radius 2 is 1.94 bits per heavy atom. The van der Waals surface area contributed by atoms with Crippen molar-refractivity contribution in [3.05, 3.63) is 28.8 Å². The molecule has 1 aromatic carbocycles. The summed E-state index contributed by atoms with van der Waals surface area (Å²) in [5.41, 5.74) is 7.58. The van der Waals surface area contributed by atoms with E-state index >= 15 is 0 Å². The minimum atomic E-state index is 0.174. The maximum atomic E-state index is 6.21. The van der Waals surface area contributed by atoms with Crippen LogP contribution < -0.4 is 5.73 Å². The number of halogens is 1. The number of thioether (sulfide) groups is 1. The predicted molar refractivity (Wildman–Crippen MR) is 77.1 cm³/mol. The van der Waals surface area contributed by atoms with E-state index in [1.807, 2.05) is 6.07 Å². The molecule has 0 saturated heterocycles. The third kappa shape index (κ3) is 2.81. The number of hydrogen-bond donors (Lipinski definition) is 1. The van der Waals surface area contributed by atoms with Crippen molar-refractivity contribution in [2.24, 2.45) is 5.73 Å². The minimum Gasteiger partial charge on any atom is -0.330 e. The van der Waals surface area contributed by atoms with Gasteiger partial charge in [0, 0.05) is 21.9 Å². The van der Waals surface area contributed by atoms with E-state index in [0.717, 1.165) is 11.6 Å². The van der Waals surface area contributed by atoms with E-state index in [1.165, 1.54) is 42.6 Å². The van der Waals surface area contributed by atoms with Gasteiger partial charge in [-0.05, 0) is 42.9 Å². The van der Waals surface area contributed by atoms with Crippen LogP contribution in [0.3, 0.4) is 0 Å². The summed E-state index contributed by atoms with van der Waals surface area (Å²) >= 11 is 7.96. The van der Waals surface area contributed by atoms with Gasteiger partial charge in [-0.25, -0.2) is 0 Å². The van der Waals surface area contributed by atoms with Crippen LogP contribution in [0.25, 0.3) is 0 Å². The third-order valence-corrected chi connectivity index (χ3v) is 4.85. The number of benzene rings is 1. The van der Waals surface area contributed by atoms with Crippen molar-refractivity contribution in [1.82, 2.24) is 0 Å². The average molecular weight is 270 g/mol. The van der Waals surface area contributed by atoms with Gasteiger partial charge < -0.3 is 5.73 Å². The van der Waals surface area contributed by atoms with Crippen molar-refractivity contribution < 1.29 is 0 Å². The second kappa shape index (κ2) is 5.64. The van der Waals surface area contributed by atoms with Crippen molar-refractivity contribution in [2.75, 3.05) is 12.8 Å². The van der Waals surface area contributed by atoms with Crippen molar-refractivity contribution >= 4 is 23.4 Å². The highest BCUT2D eigenvalue weighted by molar-refractivity contribution is 7.98. The van der Waals surface area contributed by atoms with Gasteiger partial charge in [-0.3, -0.25) is 0 Å². The molecule has 94 valence electrons. The second-order valence-electron chi connectivity index (χ2n) is 4.92. The summed E-state index contributed by atoms with van der Waals surface area (Å²) in [5.74, 6) is 0. The lowest BCUT2D eigenvalue weighted by atomic mass is 9.69. The molecule has 2 rings (SSSR count). The Morgan fingerprint density at radius 1 is 1.24 bits per heavy atom. The molecule has 0 unspecified atom stereocenters. The van der Waals surface area contributed by atoms with Crippen LogP contribution in [-0.4, -0.2) is 12.8 Å². The van der Waals surface area contributed by atoms with E-state index in [4.69, 9.17) is 17.3 Å². The summed E-state index contributed by atoms with van der Waals surface area (Å²) in [7, 11) is 0. The average Bonchev–Trinajstić information content (AvgIpc) is 2.38. The van der Waals surface area contributed by atoms with Crippen LogP contribution in [0.2, 0.25) is 5.02 Å². The summed E-state index contributed by atoms with van der Waals surface area (Å²) in [4.78, 5) is 1.24. The molecule has 1 aliphatic rings. The summed E-state index contributed by atoms with van der Waals surface area (Å²) in [6.45, 7) is 0.737. The van der Waals surface area contributed by atoms with Crippen LogP contribution in [0.5, 0.6) is 0 Å². The molecule has 1 nitrogen and oxygen atoms in total. The van der Waals surface area contributed by atoms with Crippen molar-refractivity contribution in [2.45, 2.75) is 42.4 Å². The van der Waals surface area contributed by atoms with Crippen molar-refractivity contribution in [1.29, 1.82) is 0 Å². The normalized spacial score (nSPS) is 19.2. The monoisotopic (exact) mass is 269 g/mol. The summed E-state index contributed by atoms with van der Waals surface area (Å²) < 4.78 is 0. The molecule has 1 fully saturated rings. The second-order valence-corrected chi connectivity index (χ2v) is 6.24. The lowest BCUT2D eigenvalue weighted by Crippen LogP contribution is -2.37. The molecule has 0 aromatic heterocycles. The summed E-state index contributed by atoms with van der Waals surface area (Å²) in [6, 6.07) is 6.41. The molecular formula is C14H20ClNS. The number of rotatable bonds is 3. The van der Waals surface area contributed by atoms with Crippen LogP contribution in [0, 0.1) is 0 Å². The molecule has 2 N–H and O–H groups in total. The Labute approximate surface area is 113 Å². The molecule has 17 heavy (non-hydrogen) atoms. The highest BCUT2D eigenvalue weighted by Crippen LogP contribution is 2.40. The minimum absolute atomic E-state index is 0.174. The van der Waals surface area contributed by atoms with Crippen LogP contribution >= 0.6 is 23.4 Å². The largest absolute Gasteiger partial charge is 0.330 e. The molecule has 0 heterocycles. The Balaban J connectivity index is 2.38. The van der Waals surface area contributed by atoms with E-state index < -0.39 is 0 Å². The zero-order valence-electron chi connectivity index (χ0n) is 10.3. The maximum absolute atomic E-state index is 6.21. The van der Waals surface area contributed by atoms with E-state index in [1.54, 1.807) is 11.8 Å². The fourth-order valence-corrected chi connectivity index (χ4v) is 3.62. The van der Waals surface area contributed by atoms with Gasteiger partial charge in [0.2, 0.25) is 0 Å². The van der Waals surface area contributed by atoms with Crippen molar-refractivity contribution in [3.8, 4) is 0 Å². The molecule has 0 aliphatic heterocycles. The fraction of sp³-hybridized carbons (Fsp3) is 0.571. The lowest BCUT2D eigenvalue weighted by molar-refractivity contribution is 0.300. The zero-order valence-corrected chi connectivity index (χ0v) is 11.9. The van der Waals surface area contributed by atoms with Crippen LogP contribution in [0.4, 0.5) is 0 Å². The van der Waals surface area contributed by atoms with Gasteiger partial charge in [-0.2, -0.15) is 0 Å². The Morgan fingerprint density at radius 3 is 2.53 bits per heavy atom. The Kier molecular flexibility index (Phi) is 4.40. The fourth-order valence-electron chi connectivity index (χ4n) is 2.83. The quantitative estimate of drug-likeness (QED) is 0.832. The van der Waals surface area contributed by atoms with E-state index in [2.05, 4.69) is 18.4 Å². The molecule has 0 radical (unpaired) electrons. The van der Waals surface area contributed by atoms with Crippen LogP contribution in [-0.2, 0) is 5.41 Å². The van der Waals surface area contributed by atoms with Gasteiger partial charge in [-0.15, -0.1) is 11.8 Å². The zero-order chi connectivity index (χ0) is 12.3. The standard InChI is InChI=1S/C14H20ClNS/c1-17-13-8-11(7-12(15)9-13)14(10-16)5-3-2-4-6-14/h7-9H,2-6,10,16H2,1H3. The third-order valence-electron chi connectivity index (χ3n) is 3.92. The van der Waals surface area contributed by atoms with Gasteiger partial charge >= 0.3 is 0 Å². The van der Waals surface area contributed by atoms with E-state index in [-0.39, 0.29) is 5.41 Å². The van der Waals surface area contributed by atoms with Gasteiger partial charge in [0.1, 0.15) is 0 Å². The molecule has 1 aliphatic carbocycles. The first-order chi connectivity index (χ1) is 8.20. The van der Waals surface area contributed by atoms with E-state index in [0.29, 0.717) is 0 Å². The number of nitrogens with two attached hydrogens (primary N) is 1. The number of hydrogen-bond acceptors (Lipinski definition) is 2. The molecule has 0 atom stereocenters. The van der Waals surface area contributed by atoms with E-state index in [9.17, 15) is 0 Å². The van der Waals surface area contributed by atoms with Crippen LogP contribution in [0.1, 0.15) is 37.7 Å². The van der Waals surface area contributed by atoms with Crippen LogP contribution in [0.15, 0.2) is 23.1 Å². The first-order valence-corrected chi connectivity index (χ1v) is 7.86. The molecule has 1 aromatic rings. The smallest absolute Gasteiger partial charge is 0.0420 e. The highest BCUT2D eigenvalue weighted by Gasteiger charge is 2.32. The van der Waals surface area contributed by atoms with Crippen molar-refractivity contribution in [3.63, 3.8) is 0 Å². The SMILES string of the molecule is CSc1cc(Cl)cc(C2(CN)CCCCC2)c1. The first-order valence-electron chi connectivity index (χ1n) is 6.25. The lowest BCUT2D eigenvalue weighted by Gasteiger charge is -2.37. The molecule has 0 amide bonds. The Hall–Kier alpha value is -0.180. The topological polar surface area (TPSA) is 26.0 Å². The highest BCUT2D eigenvalue weighted by atomic mass is 35.5. The van der Waals surface area contributed by atoms with Gasteiger partial charge in [0.25, 0.3) is 0 Å². The van der Waals surface area contributed by atoms with Gasteiger partial charge in [0.05, 0.1) is 0 Å². The Bertz CT molecular complexity index is 386. The van der Waals surface area contributed by atoms with Gasteiger partial charge in [-0.1, -0.05) is 30.9 Å². The summed E-state index contributed by atoms with van der Waals surface area (Å²) in [6.07, 6.45) is 8.43. The van der Waals surface area contributed by atoms with Gasteiger partial charge in [0.15, 0.2) is 0 Å². The molecule has 3 heteroatoms. The molecule has 0 bridgehead atoms. The molecule has 0 spiro atoms. The summed E-state index contributed by atoms with van der Waals surface area (Å²) in [5, 5.41) is 0.838. The maximum Gasteiger partial charge on any atom is 0.0420 e. The predicted octanol–water partition coefficient (Wildman–Crippen LogP) is 4.22. The molecule has 1 saturated carbocycles. The first kappa shape index (κ1) is 13.3.